The van der Waals surface area contributed by atoms with Crippen molar-refractivity contribution in [3.8, 4) is 11.5 Å². The lowest BCUT2D eigenvalue weighted by atomic mass is 10.2. The second kappa shape index (κ2) is 6.84. The van der Waals surface area contributed by atoms with Crippen molar-refractivity contribution < 1.29 is 9.47 Å². The Morgan fingerprint density at radius 2 is 1.92 bits per heavy atom. The molecule has 0 atom stereocenters. The smallest absolute Gasteiger partial charge is 0.161 e. The topological polar surface area (TPSA) is 68.6 Å². The summed E-state index contributed by atoms with van der Waals surface area (Å²) in [6.45, 7) is 4.15. The van der Waals surface area contributed by atoms with Crippen LogP contribution in [0.15, 0.2) is 29.6 Å². The average molecular weight is 342 g/mol. The van der Waals surface area contributed by atoms with Gasteiger partial charge in [-0.05, 0) is 43.2 Å². The Morgan fingerprint density at radius 3 is 2.67 bits per heavy atom. The maximum Gasteiger partial charge on any atom is 0.161 e. The molecule has 2 aromatic heterocycles. The van der Waals surface area contributed by atoms with Crippen LogP contribution in [0.5, 0.6) is 11.5 Å². The van der Waals surface area contributed by atoms with Gasteiger partial charge in [-0.2, -0.15) is 5.10 Å². The van der Waals surface area contributed by atoms with Crippen LogP contribution in [0.25, 0.3) is 10.2 Å². The predicted octanol–water partition coefficient (Wildman–Crippen LogP) is 3.77. The number of hydrogen-bond donors (Lipinski definition) is 1. The van der Waals surface area contributed by atoms with Gasteiger partial charge in [0.25, 0.3) is 0 Å². The number of hydrogen-bond acceptors (Lipinski definition) is 7. The lowest BCUT2D eigenvalue weighted by Crippen LogP contribution is -1.96. The zero-order chi connectivity index (χ0) is 17.1. The van der Waals surface area contributed by atoms with Gasteiger partial charge in [0.2, 0.25) is 0 Å². The lowest BCUT2D eigenvalue weighted by Gasteiger charge is -2.07. The van der Waals surface area contributed by atoms with Gasteiger partial charge in [-0.25, -0.2) is 9.97 Å². The Balaban J connectivity index is 1.85. The molecule has 0 aliphatic carbocycles. The van der Waals surface area contributed by atoms with Gasteiger partial charge in [-0.3, -0.25) is 5.43 Å². The highest BCUT2D eigenvalue weighted by Crippen LogP contribution is 2.32. The molecule has 1 aromatic carbocycles. The third kappa shape index (κ3) is 3.03. The second-order valence-electron chi connectivity index (χ2n) is 5.17. The van der Waals surface area contributed by atoms with Gasteiger partial charge < -0.3 is 9.47 Å². The molecular formula is C17H18N4O2S. The van der Waals surface area contributed by atoms with Crippen molar-refractivity contribution in [1.29, 1.82) is 0 Å². The molecule has 0 saturated carbocycles. The van der Waals surface area contributed by atoms with E-state index in [2.05, 4.69) is 34.3 Å². The van der Waals surface area contributed by atoms with E-state index in [9.17, 15) is 0 Å². The molecule has 0 spiro atoms. The number of thiophene rings is 1. The van der Waals surface area contributed by atoms with Crippen molar-refractivity contribution in [3.63, 3.8) is 0 Å². The van der Waals surface area contributed by atoms with Crippen LogP contribution in [0.3, 0.4) is 0 Å². The summed E-state index contributed by atoms with van der Waals surface area (Å²) in [6.07, 6.45) is 3.26. The normalized spacial score (nSPS) is 11.2. The Labute approximate surface area is 144 Å². The first kappa shape index (κ1) is 16.2. The number of methoxy groups -OCH3 is 2. The van der Waals surface area contributed by atoms with Crippen LogP contribution < -0.4 is 14.9 Å². The molecule has 1 N–H and O–H groups in total. The van der Waals surface area contributed by atoms with E-state index in [1.165, 1.54) is 10.4 Å². The van der Waals surface area contributed by atoms with E-state index in [4.69, 9.17) is 9.47 Å². The van der Waals surface area contributed by atoms with E-state index < -0.39 is 0 Å². The third-order valence-electron chi connectivity index (χ3n) is 3.76. The molecule has 0 aliphatic heterocycles. The molecule has 24 heavy (non-hydrogen) atoms. The number of aromatic nitrogens is 2. The van der Waals surface area contributed by atoms with Crippen LogP contribution >= 0.6 is 11.3 Å². The summed E-state index contributed by atoms with van der Waals surface area (Å²) in [6, 6.07) is 5.61. The molecule has 6 nitrogen and oxygen atoms in total. The summed E-state index contributed by atoms with van der Waals surface area (Å²) in [5.41, 5.74) is 5.08. The summed E-state index contributed by atoms with van der Waals surface area (Å²) in [7, 11) is 3.22. The minimum absolute atomic E-state index is 0.662. The van der Waals surface area contributed by atoms with E-state index in [1.54, 1.807) is 38.1 Å². The molecule has 0 fully saturated rings. The maximum absolute atomic E-state index is 5.29. The predicted molar refractivity (Wildman–Crippen MR) is 97.7 cm³/mol. The molecule has 0 amide bonds. The van der Waals surface area contributed by atoms with Crippen LogP contribution in [-0.2, 0) is 0 Å². The summed E-state index contributed by atoms with van der Waals surface area (Å²) in [4.78, 5) is 10.8. The fourth-order valence-electron chi connectivity index (χ4n) is 2.37. The fraction of sp³-hybridized carbons (Fsp3) is 0.235. The monoisotopic (exact) mass is 342 g/mol. The van der Waals surface area contributed by atoms with Crippen molar-refractivity contribution in [2.75, 3.05) is 19.6 Å². The number of hydrazone groups is 1. The van der Waals surface area contributed by atoms with Gasteiger partial charge in [0.15, 0.2) is 17.3 Å². The fourth-order valence-corrected chi connectivity index (χ4v) is 3.37. The number of nitrogens with zero attached hydrogens (tertiary/aromatic N) is 3. The third-order valence-corrected chi connectivity index (χ3v) is 4.87. The minimum Gasteiger partial charge on any atom is -0.493 e. The van der Waals surface area contributed by atoms with Crippen molar-refractivity contribution >= 4 is 33.6 Å². The zero-order valence-electron chi connectivity index (χ0n) is 14.0. The summed E-state index contributed by atoms with van der Waals surface area (Å²) < 4.78 is 10.5. The van der Waals surface area contributed by atoms with Crippen molar-refractivity contribution in [1.82, 2.24) is 9.97 Å². The quantitative estimate of drug-likeness (QED) is 0.564. The van der Waals surface area contributed by atoms with Crippen LogP contribution in [0.2, 0.25) is 0 Å². The van der Waals surface area contributed by atoms with Crippen LogP contribution in [0.4, 0.5) is 5.82 Å². The Bertz CT molecular complexity index is 905. The van der Waals surface area contributed by atoms with Crippen LogP contribution in [0.1, 0.15) is 16.0 Å². The Morgan fingerprint density at radius 1 is 1.12 bits per heavy atom. The molecule has 2 heterocycles. The number of fused-ring (bicyclic) bond motifs is 1. The molecule has 0 bridgehead atoms. The van der Waals surface area contributed by atoms with Gasteiger partial charge in [-0.15, -0.1) is 11.3 Å². The highest BCUT2D eigenvalue weighted by atomic mass is 32.1. The molecular weight excluding hydrogens is 324 g/mol. The second-order valence-corrected chi connectivity index (χ2v) is 6.37. The molecule has 124 valence electrons. The van der Waals surface area contributed by atoms with Crippen molar-refractivity contribution in [2.24, 2.45) is 5.10 Å². The molecule has 3 rings (SSSR count). The van der Waals surface area contributed by atoms with Gasteiger partial charge in [0, 0.05) is 4.88 Å². The van der Waals surface area contributed by atoms with E-state index in [0.29, 0.717) is 17.3 Å². The van der Waals surface area contributed by atoms with Gasteiger partial charge in [0.1, 0.15) is 11.2 Å². The molecule has 0 saturated heterocycles. The van der Waals surface area contributed by atoms with Crippen molar-refractivity contribution in [3.05, 3.63) is 40.5 Å². The lowest BCUT2D eigenvalue weighted by molar-refractivity contribution is 0.355. The highest BCUT2D eigenvalue weighted by Gasteiger charge is 2.11. The number of nitrogens with one attached hydrogen (secondary N) is 1. The van der Waals surface area contributed by atoms with Crippen LogP contribution in [-0.4, -0.2) is 30.4 Å². The summed E-state index contributed by atoms with van der Waals surface area (Å²) in [5.74, 6) is 2.05. The number of benzene rings is 1. The molecule has 0 unspecified atom stereocenters. The molecule has 7 heteroatoms. The first-order valence-corrected chi connectivity index (χ1v) is 8.17. The van der Waals surface area contributed by atoms with Gasteiger partial charge in [0.05, 0.1) is 25.8 Å². The number of ether oxygens (including phenoxy) is 2. The number of anilines is 1. The molecule has 3 aromatic rings. The SMILES string of the molecule is COc1ccc(/C=N/Nc2ncnc3sc(C)c(C)c23)cc1OC. The largest absolute Gasteiger partial charge is 0.493 e. The van der Waals surface area contributed by atoms with Gasteiger partial charge in [-0.1, -0.05) is 0 Å². The van der Waals surface area contributed by atoms with Crippen molar-refractivity contribution in [2.45, 2.75) is 13.8 Å². The van der Waals surface area contributed by atoms with E-state index in [0.717, 1.165) is 15.8 Å². The molecule has 0 radical (unpaired) electrons. The van der Waals surface area contributed by atoms with E-state index in [1.807, 2.05) is 18.2 Å². The summed E-state index contributed by atoms with van der Waals surface area (Å²) >= 11 is 1.66. The number of rotatable bonds is 5. The Hall–Kier alpha value is -2.67. The standard InChI is InChI=1S/C17H18N4O2S/c1-10-11(2)24-17-15(10)16(18-9-19-17)21-20-8-12-5-6-13(22-3)14(7-12)23-4/h5-9H,1-4H3,(H,18,19,21)/b20-8+. The first-order chi connectivity index (χ1) is 11.6. The maximum atomic E-state index is 5.29. The number of aryl methyl sites for hydroxylation is 2. The average Bonchev–Trinajstić information content (AvgIpc) is 2.90. The highest BCUT2D eigenvalue weighted by molar-refractivity contribution is 7.18. The van der Waals surface area contributed by atoms with E-state index >= 15 is 0 Å². The van der Waals surface area contributed by atoms with E-state index in [-0.39, 0.29) is 0 Å². The van der Waals surface area contributed by atoms with Gasteiger partial charge >= 0.3 is 0 Å². The first-order valence-electron chi connectivity index (χ1n) is 7.36. The molecule has 0 aliphatic rings. The summed E-state index contributed by atoms with van der Waals surface area (Å²) in [5, 5.41) is 5.30. The Kier molecular flexibility index (Phi) is 4.61. The zero-order valence-corrected chi connectivity index (χ0v) is 14.8. The van der Waals surface area contributed by atoms with Crippen LogP contribution in [0, 0.1) is 13.8 Å². The minimum atomic E-state index is 0.662.